The molecule has 0 saturated heterocycles. The highest BCUT2D eigenvalue weighted by Crippen LogP contribution is 2.30. The monoisotopic (exact) mass is 298 g/mol. The van der Waals surface area contributed by atoms with Gasteiger partial charge in [-0.1, -0.05) is 0 Å². The molecular formula is C13H18N2O4S. The number of aryl methyl sites for hydroxylation is 2. The van der Waals surface area contributed by atoms with Crippen molar-refractivity contribution in [1.29, 1.82) is 0 Å². The molecule has 1 N–H and O–H groups in total. The van der Waals surface area contributed by atoms with Gasteiger partial charge in [-0.25, -0.2) is 14.8 Å². The van der Waals surface area contributed by atoms with Gasteiger partial charge in [0.2, 0.25) is 0 Å². The van der Waals surface area contributed by atoms with Gasteiger partial charge in [-0.3, -0.25) is 4.79 Å². The van der Waals surface area contributed by atoms with Crippen molar-refractivity contribution in [2.24, 2.45) is 5.41 Å². The molecular weight excluding hydrogens is 280 g/mol. The van der Waals surface area contributed by atoms with Crippen LogP contribution in [-0.4, -0.2) is 39.9 Å². The van der Waals surface area contributed by atoms with Gasteiger partial charge >= 0.3 is 11.9 Å². The number of carbonyl (C=O) groups excluding carboxylic acids is 1. The highest BCUT2D eigenvalue weighted by Gasteiger charge is 2.30. The van der Waals surface area contributed by atoms with Gasteiger partial charge < -0.3 is 9.84 Å². The number of carboxylic acids is 1. The van der Waals surface area contributed by atoms with Crippen LogP contribution < -0.4 is 0 Å². The third-order valence-corrected chi connectivity index (χ3v) is 4.12. The number of aromatic nitrogens is 2. The predicted molar refractivity (Wildman–Crippen MR) is 75.0 cm³/mol. The number of thioether (sulfide) groups is 1. The van der Waals surface area contributed by atoms with Crippen molar-refractivity contribution in [3.8, 4) is 0 Å². The maximum atomic E-state index is 11.6. The number of methoxy groups -OCH3 is 1. The van der Waals surface area contributed by atoms with Crippen LogP contribution in [0.5, 0.6) is 0 Å². The van der Waals surface area contributed by atoms with E-state index in [-0.39, 0.29) is 11.5 Å². The maximum Gasteiger partial charge on any atom is 0.340 e. The molecule has 0 aliphatic heterocycles. The SMILES string of the molecule is COC(=O)C(C)(C)CSc1nc(C)nc(C)c1C(=O)O. The van der Waals surface area contributed by atoms with Crippen LogP contribution in [0.15, 0.2) is 5.03 Å². The molecule has 0 aliphatic rings. The summed E-state index contributed by atoms with van der Waals surface area (Å²) in [7, 11) is 1.33. The van der Waals surface area contributed by atoms with Crippen molar-refractivity contribution in [1.82, 2.24) is 9.97 Å². The molecule has 20 heavy (non-hydrogen) atoms. The van der Waals surface area contributed by atoms with Gasteiger partial charge in [-0.2, -0.15) is 0 Å². The second kappa shape index (κ2) is 6.21. The molecule has 1 aromatic heterocycles. The fraction of sp³-hybridized carbons (Fsp3) is 0.538. The third kappa shape index (κ3) is 3.69. The first-order chi connectivity index (χ1) is 9.19. The Morgan fingerprint density at radius 2 is 1.90 bits per heavy atom. The number of carbonyl (C=O) groups is 2. The second-order valence-electron chi connectivity index (χ2n) is 5.01. The summed E-state index contributed by atoms with van der Waals surface area (Å²) in [6.07, 6.45) is 0. The number of nitrogens with zero attached hydrogens (tertiary/aromatic N) is 2. The summed E-state index contributed by atoms with van der Waals surface area (Å²) >= 11 is 1.22. The van der Waals surface area contributed by atoms with Crippen molar-refractivity contribution in [2.75, 3.05) is 12.9 Å². The molecule has 0 aromatic carbocycles. The number of hydrogen-bond donors (Lipinski definition) is 1. The minimum atomic E-state index is -1.07. The van der Waals surface area contributed by atoms with Crippen molar-refractivity contribution in [3.05, 3.63) is 17.1 Å². The Bertz CT molecular complexity index is 543. The molecule has 7 heteroatoms. The molecule has 0 radical (unpaired) electrons. The van der Waals surface area contributed by atoms with E-state index in [1.807, 2.05) is 0 Å². The predicted octanol–water partition coefficient (Wildman–Crippen LogP) is 2.08. The Hall–Kier alpha value is -1.63. The van der Waals surface area contributed by atoms with Crippen LogP contribution in [0.2, 0.25) is 0 Å². The van der Waals surface area contributed by atoms with Crippen LogP contribution >= 0.6 is 11.8 Å². The fourth-order valence-electron chi connectivity index (χ4n) is 1.62. The standard InChI is InChI=1S/C13H18N2O4S/c1-7-9(11(16)17)10(15-8(2)14-7)20-6-13(3,4)12(18)19-5/h6H2,1-5H3,(H,16,17). The zero-order valence-electron chi connectivity index (χ0n) is 12.2. The van der Waals surface area contributed by atoms with Crippen LogP contribution in [0, 0.1) is 19.3 Å². The van der Waals surface area contributed by atoms with Crippen LogP contribution in [0.4, 0.5) is 0 Å². The van der Waals surface area contributed by atoms with E-state index >= 15 is 0 Å². The Kier molecular flexibility index (Phi) is 5.10. The zero-order chi connectivity index (χ0) is 15.5. The van der Waals surface area contributed by atoms with E-state index in [1.54, 1.807) is 27.7 Å². The largest absolute Gasteiger partial charge is 0.478 e. The molecule has 0 atom stereocenters. The number of esters is 1. The van der Waals surface area contributed by atoms with Gasteiger partial charge in [0.1, 0.15) is 16.4 Å². The summed E-state index contributed by atoms with van der Waals surface area (Å²) < 4.78 is 4.73. The molecule has 110 valence electrons. The molecule has 1 aromatic rings. The summed E-state index contributed by atoms with van der Waals surface area (Å²) in [5.74, 6) is -0.535. The van der Waals surface area contributed by atoms with Gasteiger partial charge in [-0.05, 0) is 27.7 Å². The van der Waals surface area contributed by atoms with E-state index in [9.17, 15) is 14.7 Å². The van der Waals surface area contributed by atoms with Gasteiger partial charge in [0.05, 0.1) is 18.2 Å². The van der Waals surface area contributed by atoms with E-state index in [1.165, 1.54) is 18.9 Å². The van der Waals surface area contributed by atoms with Crippen LogP contribution in [0.1, 0.15) is 35.7 Å². The van der Waals surface area contributed by atoms with Crippen molar-refractivity contribution in [3.63, 3.8) is 0 Å². The Balaban J connectivity index is 3.04. The number of rotatable bonds is 5. The molecule has 0 bridgehead atoms. The smallest absolute Gasteiger partial charge is 0.340 e. The van der Waals surface area contributed by atoms with Gasteiger partial charge in [0.15, 0.2) is 0 Å². The molecule has 1 rings (SSSR count). The highest BCUT2D eigenvalue weighted by atomic mass is 32.2. The van der Waals surface area contributed by atoms with Crippen LogP contribution in [-0.2, 0) is 9.53 Å². The molecule has 0 fully saturated rings. The number of ether oxygens (including phenoxy) is 1. The summed E-state index contributed by atoms with van der Waals surface area (Å²) in [5.41, 5.74) is -0.216. The maximum absolute atomic E-state index is 11.6. The van der Waals surface area contributed by atoms with Crippen molar-refractivity contribution < 1.29 is 19.4 Å². The molecule has 1 heterocycles. The van der Waals surface area contributed by atoms with E-state index in [2.05, 4.69) is 9.97 Å². The normalized spacial score (nSPS) is 11.2. The lowest BCUT2D eigenvalue weighted by molar-refractivity contribution is -0.149. The van der Waals surface area contributed by atoms with Gasteiger partial charge in [-0.15, -0.1) is 11.8 Å². The summed E-state index contributed by atoms with van der Waals surface area (Å²) in [4.78, 5) is 31.1. The zero-order valence-corrected chi connectivity index (χ0v) is 13.0. The first-order valence-corrected chi connectivity index (χ1v) is 6.97. The topological polar surface area (TPSA) is 89.4 Å². The average Bonchev–Trinajstić information content (AvgIpc) is 2.33. The van der Waals surface area contributed by atoms with Crippen molar-refractivity contribution in [2.45, 2.75) is 32.7 Å². The first kappa shape index (κ1) is 16.4. The first-order valence-electron chi connectivity index (χ1n) is 5.99. The average molecular weight is 298 g/mol. The summed E-state index contributed by atoms with van der Waals surface area (Å²) in [5, 5.41) is 9.61. The second-order valence-corrected chi connectivity index (χ2v) is 5.97. The molecule has 0 aliphatic carbocycles. The molecule has 0 saturated carbocycles. The molecule has 0 amide bonds. The lowest BCUT2D eigenvalue weighted by Crippen LogP contribution is -2.28. The summed E-state index contributed by atoms with van der Waals surface area (Å²) in [6, 6.07) is 0. The van der Waals surface area contributed by atoms with Crippen molar-refractivity contribution >= 4 is 23.7 Å². The molecule has 0 unspecified atom stereocenters. The number of aromatic carboxylic acids is 1. The number of hydrogen-bond acceptors (Lipinski definition) is 6. The summed E-state index contributed by atoms with van der Waals surface area (Å²) in [6.45, 7) is 6.82. The van der Waals surface area contributed by atoms with E-state index in [0.29, 0.717) is 22.3 Å². The van der Waals surface area contributed by atoms with Gasteiger partial charge in [0, 0.05) is 5.75 Å². The van der Waals surface area contributed by atoms with E-state index in [0.717, 1.165) is 0 Å². The molecule has 6 nitrogen and oxygen atoms in total. The van der Waals surface area contributed by atoms with E-state index < -0.39 is 11.4 Å². The lowest BCUT2D eigenvalue weighted by Gasteiger charge is -2.21. The molecule has 0 spiro atoms. The Morgan fingerprint density at radius 1 is 1.30 bits per heavy atom. The Morgan fingerprint density at radius 3 is 2.40 bits per heavy atom. The van der Waals surface area contributed by atoms with E-state index in [4.69, 9.17) is 4.74 Å². The fourth-order valence-corrected chi connectivity index (χ4v) is 2.81. The lowest BCUT2D eigenvalue weighted by atomic mass is 9.97. The third-order valence-electron chi connectivity index (χ3n) is 2.69. The minimum Gasteiger partial charge on any atom is -0.478 e. The quantitative estimate of drug-likeness (QED) is 0.505. The van der Waals surface area contributed by atoms with Crippen LogP contribution in [0.3, 0.4) is 0 Å². The highest BCUT2D eigenvalue weighted by molar-refractivity contribution is 7.99. The number of carboxylic acid groups (broad SMARTS) is 1. The van der Waals surface area contributed by atoms with Gasteiger partial charge in [0.25, 0.3) is 0 Å². The van der Waals surface area contributed by atoms with Crippen LogP contribution in [0.25, 0.3) is 0 Å². The minimum absolute atomic E-state index is 0.0845. The Labute approximate surface area is 122 Å².